The number of fused-ring (bicyclic) bond motifs is 7. The molecule has 0 spiro atoms. The van der Waals surface area contributed by atoms with Crippen LogP contribution in [0.1, 0.15) is 53.0 Å². The molecular weight excluding hydrogens is 422 g/mol. The quantitative estimate of drug-likeness (QED) is 0.384. The van der Waals surface area contributed by atoms with Crippen LogP contribution >= 0.6 is 0 Å². The highest BCUT2D eigenvalue weighted by atomic mass is 14.6. The topological polar surface area (TPSA) is 26.0 Å². The molecule has 0 aromatic heterocycles. The van der Waals surface area contributed by atoms with Gasteiger partial charge in [0.1, 0.15) is 0 Å². The van der Waals surface area contributed by atoms with Gasteiger partial charge in [-0.15, -0.1) is 0 Å². The molecule has 170 valence electrons. The predicted octanol–water partition coefficient (Wildman–Crippen LogP) is 6.23. The fraction of sp³-hybridized carbons (Fsp3) is 0.176. The van der Waals surface area contributed by atoms with E-state index < -0.39 is 0 Å². The molecule has 0 aliphatic heterocycles. The molecule has 1 heteroatoms. The summed E-state index contributed by atoms with van der Waals surface area (Å²) in [5.74, 6) is 0.245. The third kappa shape index (κ3) is 3.30. The zero-order valence-electron chi connectivity index (χ0n) is 19.9. The van der Waals surface area contributed by atoms with Crippen LogP contribution in [-0.2, 0) is 12.8 Å². The van der Waals surface area contributed by atoms with Gasteiger partial charge in [-0.05, 0) is 98.4 Å². The highest BCUT2D eigenvalue weighted by molar-refractivity contribution is 6.01. The molecular formula is C34H29N. The Balaban J connectivity index is 1.46. The number of hydrogen-bond acceptors (Lipinski definition) is 1. The summed E-state index contributed by atoms with van der Waals surface area (Å²) < 4.78 is 0. The summed E-state index contributed by atoms with van der Waals surface area (Å²) in [6.07, 6.45) is 12.6. The van der Waals surface area contributed by atoms with E-state index in [1.807, 2.05) is 0 Å². The van der Waals surface area contributed by atoms with Gasteiger partial charge < -0.3 is 5.73 Å². The minimum absolute atomic E-state index is 0.245. The van der Waals surface area contributed by atoms with Gasteiger partial charge in [-0.2, -0.15) is 0 Å². The van der Waals surface area contributed by atoms with E-state index in [4.69, 9.17) is 5.73 Å². The Kier molecular flexibility index (Phi) is 4.77. The van der Waals surface area contributed by atoms with E-state index >= 15 is 0 Å². The Morgan fingerprint density at radius 1 is 0.657 bits per heavy atom. The van der Waals surface area contributed by atoms with Crippen LogP contribution in [0.5, 0.6) is 0 Å². The Labute approximate surface area is 206 Å². The summed E-state index contributed by atoms with van der Waals surface area (Å²) in [6.45, 7) is 0. The van der Waals surface area contributed by atoms with Crippen LogP contribution in [0.15, 0.2) is 90.1 Å². The van der Waals surface area contributed by atoms with Crippen molar-refractivity contribution in [2.45, 2.75) is 38.0 Å². The molecule has 1 nitrogen and oxygen atoms in total. The fourth-order valence-electron chi connectivity index (χ4n) is 6.57. The summed E-state index contributed by atoms with van der Waals surface area (Å²) in [5, 5.41) is 5.50. The van der Waals surface area contributed by atoms with Crippen molar-refractivity contribution >= 4 is 34.6 Å². The Hall–Kier alpha value is -3.84. The van der Waals surface area contributed by atoms with Crippen LogP contribution in [-0.4, -0.2) is 0 Å². The largest absolute Gasteiger partial charge is 0.402 e. The molecule has 0 radical (unpaired) electrons. The average Bonchev–Trinajstić information content (AvgIpc) is 2.93. The van der Waals surface area contributed by atoms with Gasteiger partial charge in [0.15, 0.2) is 0 Å². The maximum Gasteiger partial charge on any atom is 0.0276 e. The smallest absolute Gasteiger partial charge is 0.0276 e. The molecule has 1 atom stereocenters. The number of hydrogen-bond donors (Lipinski definition) is 1. The van der Waals surface area contributed by atoms with Crippen molar-refractivity contribution in [2.75, 3.05) is 0 Å². The minimum Gasteiger partial charge on any atom is -0.402 e. The molecule has 7 rings (SSSR count). The van der Waals surface area contributed by atoms with Crippen molar-refractivity contribution in [3.63, 3.8) is 0 Å². The van der Waals surface area contributed by atoms with Crippen molar-refractivity contribution in [2.24, 2.45) is 5.73 Å². The zero-order valence-corrected chi connectivity index (χ0v) is 19.9. The average molecular weight is 452 g/mol. The van der Waals surface area contributed by atoms with Crippen LogP contribution in [0.4, 0.5) is 0 Å². The van der Waals surface area contributed by atoms with Crippen molar-refractivity contribution in [1.29, 1.82) is 0 Å². The van der Waals surface area contributed by atoms with Crippen LogP contribution in [0.3, 0.4) is 0 Å². The first kappa shape index (κ1) is 20.5. The molecule has 35 heavy (non-hydrogen) atoms. The molecule has 4 aromatic carbocycles. The van der Waals surface area contributed by atoms with E-state index in [-0.39, 0.29) is 5.92 Å². The first-order chi connectivity index (χ1) is 17.3. The lowest BCUT2D eigenvalue weighted by molar-refractivity contribution is 0.755. The van der Waals surface area contributed by atoms with Crippen LogP contribution < -0.4 is 16.2 Å². The second kappa shape index (κ2) is 8.13. The van der Waals surface area contributed by atoms with Gasteiger partial charge in [-0.3, -0.25) is 0 Å². The molecule has 2 N–H and O–H groups in total. The zero-order chi connectivity index (χ0) is 23.4. The molecule has 0 amide bonds. The van der Waals surface area contributed by atoms with Gasteiger partial charge in [0.25, 0.3) is 0 Å². The molecule has 0 bridgehead atoms. The van der Waals surface area contributed by atoms with Gasteiger partial charge in [-0.1, -0.05) is 91.0 Å². The monoisotopic (exact) mass is 451 g/mol. The van der Waals surface area contributed by atoms with E-state index in [0.717, 1.165) is 37.8 Å². The molecule has 0 fully saturated rings. The second-order valence-corrected chi connectivity index (χ2v) is 10.1. The van der Waals surface area contributed by atoms with E-state index in [1.54, 1.807) is 5.57 Å². The van der Waals surface area contributed by atoms with Gasteiger partial charge in [0.2, 0.25) is 0 Å². The first-order valence-electron chi connectivity index (χ1n) is 12.9. The highest BCUT2D eigenvalue weighted by Gasteiger charge is 2.28. The molecule has 3 aliphatic rings. The van der Waals surface area contributed by atoms with Crippen molar-refractivity contribution < 1.29 is 0 Å². The summed E-state index contributed by atoms with van der Waals surface area (Å²) in [5.41, 5.74) is 17.9. The van der Waals surface area contributed by atoms with Gasteiger partial charge in [0, 0.05) is 11.6 Å². The summed E-state index contributed by atoms with van der Waals surface area (Å²) in [6, 6.07) is 28.6. The fourth-order valence-corrected chi connectivity index (χ4v) is 6.57. The molecule has 0 saturated heterocycles. The Morgan fingerprint density at radius 3 is 2.20 bits per heavy atom. The summed E-state index contributed by atoms with van der Waals surface area (Å²) in [4.78, 5) is 0. The lowest BCUT2D eigenvalue weighted by Crippen LogP contribution is -2.30. The summed E-state index contributed by atoms with van der Waals surface area (Å²) >= 11 is 0. The van der Waals surface area contributed by atoms with Crippen molar-refractivity contribution in [3.8, 4) is 0 Å². The Morgan fingerprint density at radius 2 is 1.37 bits per heavy atom. The van der Waals surface area contributed by atoms with Crippen LogP contribution in [0.2, 0.25) is 0 Å². The first-order valence-corrected chi connectivity index (χ1v) is 12.9. The summed E-state index contributed by atoms with van der Waals surface area (Å²) in [7, 11) is 0. The third-order valence-corrected chi connectivity index (χ3v) is 8.24. The van der Waals surface area contributed by atoms with Crippen LogP contribution in [0.25, 0.3) is 34.6 Å². The van der Waals surface area contributed by atoms with Gasteiger partial charge in [0.05, 0.1) is 0 Å². The molecule has 0 heterocycles. The maximum absolute atomic E-state index is 6.70. The number of nitrogens with two attached hydrogens (primary N) is 1. The van der Waals surface area contributed by atoms with Gasteiger partial charge >= 0.3 is 0 Å². The minimum atomic E-state index is 0.245. The number of allylic oxidation sites excluding steroid dienone is 2. The maximum atomic E-state index is 6.70. The van der Waals surface area contributed by atoms with Crippen LogP contribution in [0, 0.1) is 0 Å². The second-order valence-electron chi connectivity index (χ2n) is 10.1. The number of benzene rings is 4. The van der Waals surface area contributed by atoms with E-state index in [0.29, 0.717) is 0 Å². The number of rotatable bonds is 2. The van der Waals surface area contributed by atoms with E-state index in [2.05, 4.69) is 97.1 Å². The lowest BCUT2D eigenvalue weighted by atomic mass is 9.74. The predicted molar refractivity (Wildman–Crippen MR) is 148 cm³/mol. The van der Waals surface area contributed by atoms with Crippen molar-refractivity contribution in [3.05, 3.63) is 128 Å². The standard InChI is InChI=1S/C34H29N/c35-34-21-33-28-15-7-6-14-27(28)31-19-24(26-16-8-12-22-11-4-5-13-25(22)26)17-18-29(31)32(33)20-30(34)23-9-2-1-3-10-23/h1-7,9-15,19,21,30H,8,16-18,20,35H2. The molecule has 1 unspecified atom stereocenters. The molecule has 0 saturated carbocycles. The Bertz CT molecular complexity index is 1670. The third-order valence-electron chi connectivity index (χ3n) is 8.24. The SMILES string of the molecule is NC1=Cc2c(c3c(c4ccccc24)C=C(C2=c4ccccc4=CCC2)CC3)CC1c1ccccc1. The van der Waals surface area contributed by atoms with E-state index in [9.17, 15) is 0 Å². The normalized spacial score (nSPS) is 18.6. The van der Waals surface area contributed by atoms with Gasteiger partial charge in [-0.25, -0.2) is 0 Å². The molecule has 3 aliphatic carbocycles. The molecule has 4 aromatic rings. The van der Waals surface area contributed by atoms with E-state index in [1.165, 1.54) is 54.6 Å². The highest BCUT2D eigenvalue weighted by Crippen LogP contribution is 2.44. The lowest BCUT2D eigenvalue weighted by Gasteiger charge is -2.31. The van der Waals surface area contributed by atoms with Crippen molar-refractivity contribution in [1.82, 2.24) is 0 Å².